The van der Waals surface area contributed by atoms with Gasteiger partial charge in [0.25, 0.3) is 5.91 Å². The first-order chi connectivity index (χ1) is 14.7. The van der Waals surface area contributed by atoms with Crippen molar-refractivity contribution in [2.75, 3.05) is 45.7 Å². The van der Waals surface area contributed by atoms with Gasteiger partial charge < -0.3 is 19.0 Å². The highest BCUT2D eigenvalue weighted by Gasteiger charge is 2.26. The minimum absolute atomic E-state index is 0.00587. The number of furan rings is 1. The van der Waals surface area contributed by atoms with E-state index in [0.29, 0.717) is 11.4 Å². The summed E-state index contributed by atoms with van der Waals surface area (Å²) in [6, 6.07) is 7.91. The summed E-state index contributed by atoms with van der Waals surface area (Å²) in [6.45, 7) is 1.33. The molecule has 0 aliphatic carbocycles. The molecule has 1 aliphatic heterocycles. The van der Waals surface area contributed by atoms with Gasteiger partial charge in [-0.25, -0.2) is 17.5 Å². The van der Waals surface area contributed by atoms with Crippen LogP contribution in [0.1, 0.15) is 29.0 Å². The maximum absolute atomic E-state index is 12.9. The smallest absolute Gasteiger partial charge is 0.340 e. The maximum atomic E-state index is 12.9. The van der Waals surface area contributed by atoms with E-state index in [1.807, 2.05) is 4.90 Å². The zero-order valence-electron chi connectivity index (χ0n) is 17.9. The molecule has 1 amide bonds. The summed E-state index contributed by atoms with van der Waals surface area (Å²) in [5.41, 5.74) is 0.739. The number of rotatable bonds is 8. The summed E-state index contributed by atoms with van der Waals surface area (Å²) in [5, 5.41) is 0. The lowest BCUT2D eigenvalue weighted by molar-refractivity contribution is -0.133. The molecule has 168 valence electrons. The molecule has 1 saturated heterocycles. The van der Waals surface area contributed by atoms with Gasteiger partial charge >= 0.3 is 5.97 Å². The summed E-state index contributed by atoms with van der Waals surface area (Å²) >= 11 is 0. The Bertz CT molecular complexity index is 1030. The van der Waals surface area contributed by atoms with E-state index in [-0.39, 0.29) is 17.0 Å². The number of sulfonamides is 1. The second kappa shape index (κ2) is 9.52. The van der Waals surface area contributed by atoms with Crippen LogP contribution in [0.2, 0.25) is 0 Å². The van der Waals surface area contributed by atoms with Gasteiger partial charge in [-0.2, -0.15) is 0 Å². The predicted octanol–water partition coefficient (Wildman–Crippen LogP) is 1.95. The summed E-state index contributed by atoms with van der Waals surface area (Å²) in [5.74, 6) is -0.526. The number of esters is 1. The molecular formula is C21H27N3O6S. The molecule has 0 spiro atoms. The second-order valence-corrected chi connectivity index (χ2v) is 9.72. The molecule has 3 rings (SSSR count). The number of ether oxygens (including phenoxy) is 1. The quantitative estimate of drug-likeness (QED) is 0.568. The monoisotopic (exact) mass is 449 g/mol. The maximum Gasteiger partial charge on any atom is 0.340 e. The van der Waals surface area contributed by atoms with E-state index in [1.54, 1.807) is 25.2 Å². The average molecular weight is 450 g/mol. The minimum atomic E-state index is -3.73. The Morgan fingerprint density at radius 1 is 1.13 bits per heavy atom. The van der Waals surface area contributed by atoms with Crippen molar-refractivity contribution >= 4 is 27.6 Å². The topological polar surface area (TPSA) is 100 Å². The van der Waals surface area contributed by atoms with E-state index in [4.69, 9.17) is 9.15 Å². The van der Waals surface area contributed by atoms with Crippen molar-refractivity contribution in [1.82, 2.24) is 9.21 Å². The minimum Gasteiger partial charge on any atom is -0.467 e. The predicted molar refractivity (Wildman–Crippen MR) is 114 cm³/mol. The number of hydrogen-bond acceptors (Lipinski definition) is 7. The van der Waals surface area contributed by atoms with Crippen LogP contribution < -0.4 is 4.90 Å². The van der Waals surface area contributed by atoms with Gasteiger partial charge in [0.15, 0.2) is 6.61 Å². The lowest BCUT2D eigenvalue weighted by Crippen LogP contribution is -2.31. The number of nitrogens with zero attached hydrogens (tertiary/aromatic N) is 3. The largest absolute Gasteiger partial charge is 0.467 e. The lowest BCUT2D eigenvalue weighted by atomic mass is 10.1. The van der Waals surface area contributed by atoms with Gasteiger partial charge in [-0.1, -0.05) is 0 Å². The Morgan fingerprint density at radius 3 is 2.45 bits per heavy atom. The molecular weight excluding hydrogens is 422 g/mol. The number of amides is 1. The molecule has 2 heterocycles. The molecule has 2 aromatic rings. The van der Waals surface area contributed by atoms with Crippen LogP contribution in [0, 0.1) is 0 Å². The van der Waals surface area contributed by atoms with Gasteiger partial charge in [-0.05, 0) is 43.2 Å². The molecule has 31 heavy (non-hydrogen) atoms. The molecule has 1 aromatic heterocycles. The first-order valence-electron chi connectivity index (χ1n) is 9.95. The first-order valence-corrected chi connectivity index (χ1v) is 11.4. The molecule has 1 fully saturated rings. The molecule has 0 unspecified atom stereocenters. The van der Waals surface area contributed by atoms with Gasteiger partial charge in [-0.15, -0.1) is 0 Å². The number of benzene rings is 1. The summed E-state index contributed by atoms with van der Waals surface area (Å²) in [4.78, 5) is 28.6. The Labute approximate surface area is 182 Å². The Kier molecular flexibility index (Phi) is 7.01. The van der Waals surface area contributed by atoms with Crippen LogP contribution >= 0.6 is 0 Å². The van der Waals surface area contributed by atoms with Crippen LogP contribution in [0.3, 0.4) is 0 Å². The molecule has 10 heteroatoms. The fourth-order valence-electron chi connectivity index (χ4n) is 3.32. The number of likely N-dealkylation sites (N-methyl/N-ethyl adjacent to an activating group) is 1. The van der Waals surface area contributed by atoms with Crippen molar-refractivity contribution in [3.8, 4) is 0 Å². The van der Waals surface area contributed by atoms with E-state index >= 15 is 0 Å². The zero-order chi connectivity index (χ0) is 22.6. The highest BCUT2D eigenvalue weighted by atomic mass is 32.2. The van der Waals surface area contributed by atoms with Crippen LogP contribution in [0.15, 0.2) is 45.9 Å². The van der Waals surface area contributed by atoms with E-state index in [1.165, 1.54) is 37.4 Å². The second-order valence-electron chi connectivity index (χ2n) is 7.57. The number of carbonyl (C=O) groups excluding carboxylic acids is 2. The van der Waals surface area contributed by atoms with Crippen molar-refractivity contribution in [2.45, 2.75) is 24.3 Å². The van der Waals surface area contributed by atoms with Gasteiger partial charge in [-0.3, -0.25) is 4.79 Å². The Balaban J connectivity index is 1.78. The average Bonchev–Trinajstić information content (AvgIpc) is 3.45. The molecule has 1 aromatic carbocycles. The van der Waals surface area contributed by atoms with Crippen molar-refractivity contribution in [3.05, 3.63) is 47.9 Å². The van der Waals surface area contributed by atoms with Gasteiger partial charge in [0.1, 0.15) is 5.76 Å². The highest BCUT2D eigenvalue weighted by molar-refractivity contribution is 7.89. The third-order valence-corrected chi connectivity index (χ3v) is 6.95. The van der Waals surface area contributed by atoms with Crippen molar-refractivity contribution in [3.63, 3.8) is 0 Å². The van der Waals surface area contributed by atoms with Gasteiger partial charge in [0.05, 0.1) is 29.0 Å². The zero-order valence-corrected chi connectivity index (χ0v) is 18.7. The fraction of sp³-hybridized carbons (Fsp3) is 0.429. The normalized spacial score (nSPS) is 14.1. The fourth-order valence-corrected chi connectivity index (χ4v) is 4.25. The van der Waals surface area contributed by atoms with Crippen LogP contribution in [-0.2, 0) is 26.1 Å². The summed E-state index contributed by atoms with van der Waals surface area (Å²) in [7, 11) is 0.708. The molecule has 0 N–H and O–H groups in total. The highest BCUT2D eigenvalue weighted by Crippen LogP contribution is 2.28. The molecule has 9 nitrogen and oxygen atoms in total. The van der Waals surface area contributed by atoms with E-state index in [9.17, 15) is 18.0 Å². The van der Waals surface area contributed by atoms with Crippen molar-refractivity contribution < 1.29 is 27.2 Å². The first kappa shape index (κ1) is 22.8. The molecule has 1 aliphatic rings. The summed E-state index contributed by atoms with van der Waals surface area (Å²) in [6.07, 6.45) is 3.49. The number of anilines is 1. The van der Waals surface area contributed by atoms with Crippen LogP contribution in [0.4, 0.5) is 5.69 Å². The van der Waals surface area contributed by atoms with E-state index in [2.05, 4.69) is 0 Å². The van der Waals surface area contributed by atoms with Crippen molar-refractivity contribution in [1.29, 1.82) is 0 Å². The SMILES string of the molecule is CN(Cc1ccco1)C(=O)COC(=O)c1cc(S(=O)(=O)N(C)C)ccc1N1CCCC1. The van der Waals surface area contributed by atoms with Gasteiger partial charge in [0, 0.05) is 34.2 Å². The number of hydrogen-bond donors (Lipinski definition) is 0. The van der Waals surface area contributed by atoms with Crippen LogP contribution in [-0.4, -0.2) is 70.3 Å². The number of carbonyl (C=O) groups is 2. The standard InChI is InChI=1S/C21H27N3O6S/c1-22(2)31(27,28)17-8-9-19(24-10-4-5-11-24)18(13-17)21(26)30-15-20(25)23(3)14-16-7-6-12-29-16/h6-9,12-13H,4-5,10-11,14-15H2,1-3H3. The molecule has 0 saturated carbocycles. The van der Waals surface area contributed by atoms with E-state index in [0.717, 1.165) is 30.2 Å². The van der Waals surface area contributed by atoms with E-state index < -0.39 is 28.5 Å². The molecule has 0 atom stereocenters. The third kappa shape index (κ3) is 5.26. The summed E-state index contributed by atoms with van der Waals surface area (Å²) < 4.78 is 36.6. The van der Waals surface area contributed by atoms with Crippen LogP contribution in [0.5, 0.6) is 0 Å². The lowest BCUT2D eigenvalue weighted by Gasteiger charge is -2.22. The molecule has 0 radical (unpaired) electrons. The Morgan fingerprint density at radius 2 is 1.84 bits per heavy atom. The van der Waals surface area contributed by atoms with Gasteiger partial charge in [0.2, 0.25) is 10.0 Å². The van der Waals surface area contributed by atoms with Crippen molar-refractivity contribution in [2.24, 2.45) is 0 Å². The molecule has 0 bridgehead atoms. The third-order valence-electron chi connectivity index (χ3n) is 5.14. The Hall–Kier alpha value is -2.85. The van der Waals surface area contributed by atoms with Crippen LogP contribution in [0.25, 0.3) is 0 Å².